The number of nitrogens with one attached hydrogen (secondary N) is 1. The van der Waals surface area contributed by atoms with E-state index >= 15 is 0 Å². The molecule has 28 heavy (non-hydrogen) atoms. The topological polar surface area (TPSA) is 80.7 Å². The highest BCUT2D eigenvalue weighted by Crippen LogP contribution is 2.35. The quantitative estimate of drug-likeness (QED) is 0.473. The number of anilines is 1. The molecule has 0 unspecified atom stereocenters. The van der Waals surface area contributed by atoms with Crippen LogP contribution >= 0.6 is 11.3 Å². The third kappa shape index (κ3) is 4.67. The lowest BCUT2D eigenvalue weighted by molar-refractivity contribution is -0.137. The summed E-state index contributed by atoms with van der Waals surface area (Å²) in [5.41, 5.74) is 2.68. The van der Waals surface area contributed by atoms with Gasteiger partial charge in [0.05, 0.1) is 15.8 Å². The van der Waals surface area contributed by atoms with Crippen LogP contribution in [0.2, 0.25) is 0 Å². The fraction of sp³-hybridized carbons (Fsp3) is 0.333. The Bertz CT molecular complexity index is 935. The standard InChI is InChI=1S/C21H24N2O4S/c1-3-26-19(27-4-2)9-11-22-18-13-16(20-17(23-18)10-12-28-20)14-7-5-6-8-15(14)21(24)25/h5-8,10,12-13,19H,3-4,9,11H2,1-2H3,(H,22,23)(H,24,25). The zero-order chi connectivity index (χ0) is 19.9. The number of hydrogen-bond acceptors (Lipinski definition) is 6. The molecule has 0 amide bonds. The van der Waals surface area contributed by atoms with Gasteiger partial charge in [0.15, 0.2) is 6.29 Å². The second-order valence-corrected chi connectivity index (χ2v) is 7.01. The highest BCUT2D eigenvalue weighted by Gasteiger charge is 2.16. The van der Waals surface area contributed by atoms with Gasteiger partial charge in [0, 0.05) is 31.7 Å². The molecule has 148 valence electrons. The molecule has 0 aliphatic heterocycles. The van der Waals surface area contributed by atoms with Gasteiger partial charge >= 0.3 is 5.97 Å². The molecule has 0 aliphatic carbocycles. The van der Waals surface area contributed by atoms with Gasteiger partial charge in [0.25, 0.3) is 0 Å². The first kappa shape index (κ1) is 20.3. The van der Waals surface area contributed by atoms with Gasteiger partial charge in [0.1, 0.15) is 5.82 Å². The minimum absolute atomic E-state index is 0.250. The highest BCUT2D eigenvalue weighted by molar-refractivity contribution is 7.17. The number of fused-ring (bicyclic) bond motifs is 1. The maximum absolute atomic E-state index is 11.7. The molecule has 0 radical (unpaired) electrons. The molecule has 2 aromatic heterocycles. The summed E-state index contributed by atoms with van der Waals surface area (Å²) >= 11 is 1.56. The molecular weight excluding hydrogens is 376 g/mol. The first-order valence-corrected chi connectivity index (χ1v) is 10.2. The molecule has 0 atom stereocenters. The number of pyridine rings is 1. The lowest BCUT2D eigenvalue weighted by Crippen LogP contribution is -2.21. The van der Waals surface area contributed by atoms with Gasteiger partial charge in [-0.05, 0) is 43.0 Å². The molecule has 0 saturated heterocycles. The van der Waals surface area contributed by atoms with Gasteiger partial charge in [-0.25, -0.2) is 9.78 Å². The van der Waals surface area contributed by atoms with Gasteiger partial charge < -0.3 is 19.9 Å². The number of nitrogens with zero attached hydrogens (tertiary/aromatic N) is 1. The van der Waals surface area contributed by atoms with Crippen molar-refractivity contribution in [3.05, 3.63) is 47.3 Å². The molecule has 7 heteroatoms. The van der Waals surface area contributed by atoms with Crippen molar-refractivity contribution in [2.45, 2.75) is 26.6 Å². The summed E-state index contributed by atoms with van der Waals surface area (Å²) in [5, 5.41) is 14.9. The fourth-order valence-electron chi connectivity index (χ4n) is 3.06. The Labute approximate surface area is 168 Å². The highest BCUT2D eigenvalue weighted by atomic mass is 32.1. The maximum atomic E-state index is 11.7. The van der Waals surface area contributed by atoms with Gasteiger partial charge in [-0.3, -0.25) is 0 Å². The molecule has 2 heterocycles. The van der Waals surface area contributed by atoms with Crippen LogP contribution in [0.15, 0.2) is 41.8 Å². The van der Waals surface area contributed by atoms with Crippen LogP contribution < -0.4 is 5.32 Å². The molecule has 0 saturated carbocycles. The number of hydrogen-bond donors (Lipinski definition) is 2. The molecule has 3 aromatic rings. The van der Waals surface area contributed by atoms with Crippen molar-refractivity contribution < 1.29 is 19.4 Å². The van der Waals surface area contributed by atoms with E-state index in [2.05, 4.69) is 10.3 Å². The number of aromatic nitrogens is 1. The number of benzene rings is 1. The Morgan fingerprint density at radius 1 is 1.18 bits per heavy atom. The van der Waals surface area contributed by atoms with Gasteiger partial charge in [-0.2, -0.15) is 0 Å². The van der Waals surface area contributed by atoms with E-state index in [4.69, 9.17) is 9.47 Å². The minimum Gasteiger partial charge on any atom is -0.478 e. The number of thiophene rings is 1. The fourth-order valence-corrected chi connectivity index (χ4v) is 3.92. The summed E-state index contributed by atoms with van der Waals surface area (Å²) in [6, 6.07) is 10.9. The summed E-state index contributed by atoms with van der Waals surface area (Å²) < 4.78 is 12.1. The van der Waals surface area contributed by atoms with Crippen LogP contribution in [-0.4, -0.2) is 42.1 Å². The van der Waals surface area contributed by atoms with E-state index in [1.807, 2.05) is 43.5 Å². The average molecular weight is 401 g/mol. The van der Waals surface area contributed by atoms with Gasteiger partial charge in [0.2, 0.25) is 0 Å². The third-order valence-corrected chi connectivity index (χ3v) is 5.19. The monoisotopic (exact) mass is 400 g/mol. The largest absolute Gasteiger partial charge is 0.478 e. The summed E-state index contributed by atoms with van der Waals surface area (Å²) in [7, 11) is 0. The van der Waals surface area contributed by atoms with Crippen LogP contribution in [0, 0.1) is 0 Å². The van der Waals surface area contributed by atoms with Crippen LogP contribution in [0.25, 0.3) is 21.3 Å². The first-order valence-electron chi connectivity index (χ1n) is 9.32. The van der Waals surface area contributed by atoms with E-state index in [1.54, 1.807) is 23.5 Å². The number of ether oxygens (including phenoxy) is 2. The number of rotatable bonds is 10. The predicted octanol–water partition coefficient (Wildman–Crippen LogP) is 4.86. The van der Waals surface area contributed by atoms with Crippen molar-refractivity contribution in [3.63, 3.8) is 0 Å². The third-order valence-electron chi connectivity index (χ3n) is 4.25. The molecule has 3 rings (SSSR count). The Morgan fingerprint density at radius 3 is 2.64 bits per heavy atom. The molecule has 0 bridgehead atoms. The van der Waals surface area contributed by atoms with E-state index in [1.165, 1.54) is 0 Å². The van der Waals surface area contributed by atoms with Crippen LogP contribution in [-0.2, 0) is 9.47 Å². The Hall–Kier alpha value is -2.48. The molecule has 2 N–H and O–H groups in total. The lowest BCUT2D eigenvalue weighted by Gasteiger charge is -2.17. The van der Waals surface area contributed by atoms with E-state index in [0.29, 0.717) is 37.6 Å². The van der Waals surface area contributed by atoms with E-state index in [-0.39, 0.29) is 11.9 Å². The van der Waals surface area contributed by atoms with Crippen LogP contribution in [0.4, 0.5) is 5.82 Å². The van der Waals surface area contributed by atoms with E-state index in [9.17, 15) is 9.90 Å². The van der Waals surface area contributed by atoms with E-state index < -0.39 is 5.97 Å². The second-order valence-electron chi connectivity index (χ2n) is 6.10. The molecule has 1 aromatic carbocycles. The summed E-state index contributed by atoms with van der Waals surface area (Å²) in [6.07, 6.45) is 0.436. The van der Waals surface area contributed by atoms with Gasteiger partial charge in [-0.1, -0.05) is 18.2 Å². The van der Waals surface area contributed by atoms with Gasteiger partial charge in [-0.15, -0.1) is 11.3 Å². The van der Waals surface area contributed by atoms with Crippen LogP contribution in [0.5, 0.6) is 0 Å². The minimum atomic E-state index is -0.942. The van der Waals surface area contributed by atoms with E-state index in [0.717, 1.165) is 15.8 Å². The van der Waals surface area contributed by atoms with Crippen LogP contribution in [0.3, 0.4) is 0 Å². The number of carbonyl (C=O) groups is 1. The molecule has 0 fully saturated rings. The van der Waals surface area contributed by atoms with Crippen molar-refractivity contribution in [2.75, 3.05) is 25.1 Å². The smallest absolute Gasteiger partial charge is 0.336 e. The number of carboxylic acid groups (broad SMARTS) is 1. The Morgan fingerprint density at radius 2 is 1.93 bits per heavy atom. The van der Waals surface area contributed by atoms with Crippen molar-refractivity contribution in [1.82, 2.24) is 4.98 Å². The lowest BCUT2D eigenvalue weighted by atomic mass is 10.00. The molecular formula is C21H24N2O4S. The number of carboxylic acids is 1. The molecule has 0 spiro atoms. The SMILES string of the molecule is CCOC(CCNc1cc(-c2ccccc2C(=O)O)c2sccc2n1)OCC. The normalized spacial score (nSPS) is 11.2. The summed E-state index contributed by atoms with van der Waals surface area (Å²) in [4.78, 5) is 16.3. The number of aromatic carboxylic acids is 1. The second kappa shape index (κ2) is 9.64. The molecule has 6 nitrogen and oxygen atoms in total. The zero-order valence-corrected chi connectivity index (χ0v) is 16.8. The zero-order valence-electron chi connectivity index (χ0n) is 16.0. The predicted molar refractivity (Wildman–Crippen MR) is 112 cm³/mol. The maximum Gasteiger partial charge on any atom is 0.336 e. The first-order chi connectivity index (χ1) is 13.6. The van der Waals surface area contributed by atoms with Crippen LogP contribution in [0.1, 0.15) is 30.6 Å². The average Bonchev–Trinajstić information content (AvgIpc) is 3.16. The summed E-state index contributed by atoms with van der Waals surface area (Å²) in [6.45, 7) is 5.71. The van der Waals surface area contributed by atoms with Crippen molar-refractivity contribution in [2.24, 2.45) is 0 Å². The molecule has 0 aliphatic rings. The van der Waals surface area contributed by atoms with Crippen molar-refractivity contribution >= 4 is 33.3 Å². The summed E-state index contributed by atoms with van der Waals surface area (Å²) in [5.74, 6) is -0.240. The van der Waals surface area contributed by atoms with Crippen molar-refractivity contribution in [3.8, 4) is 11.1 Å². The van der Waals surface area contributed by atoms with Crippen molar-refractivity contribution in [1.29, 1.82) is 0 Å². The Balaban J connectivity index is 1.87. The Kier molecular flexibility index (Phi) is 6.97.